The molecule has 0 bridgehead atoms. The summed E-state index contributed by atoms with van der Waals surface area (Å²) in [4.78, 5) is 11.1. The van der Waals surface area contributed by atoms with Gasteiger partial charge in [0, 0.05) is 11.4 Å². The van der Waals surface area contributed by atoms with Crippen molar-refractivity contribution in [3.63, 3.8) is 0 Å². The fourth-order valence-corrected chi connectivity index (χ4v) is 2.76. The highest BCUT2D eigenvalue weighted by Crippen LogP contribution is 2.30. The number of halogens is 3. The summed E-state index contributed by atoms with van der Waals surface area (Å²) >= 11 is 14.9. The maximum absolute atomic E-state index is 11.7. The fourth-order valence-electron chi connectivity index (χ4n) is 2.33. The van der Waals surface area contributed by atoms with Crippen molar-refractivity contribution in [3.05, 3.63) is 65.5 Å². The van der Waals surface area contributed by atoms with Crippen molar-refractivity contribution >= 4 is 39.1 Å². The summed E-state index contributed by atoms with van der Waals surface area (Å²) in [6.45, 7) is 7.17. The molecule has 24 heavy (non-hydrogen) atoms. The first-order valence-corrected chi connectivity index (χ1v) is 8.35. The van der Waals surface area contributed by atoms with Gasteiger partial charge in [0.1, 0.15) is 8.97 Å². The number of nitro groups is 1. The van der Waals surface area contributed by atoms with Crippen LogP contribution in [0.3, 0.4) is 0 Å². The van der Waals surface area contributed by atoms with Crippen LogP contribution < -0.4 is 0 Å². The lowest BCUT2D eigenvalue weighted by Crippen LogP contribution is -2.22. The van der Waals surface area contributed by atoms with E-state index < -0.39 is 10.6 Å². The molecule has 0 aliphatic carbocycles. The minimum Gasteiger partial charge on any atom is -0.258 e. The van der Waals surface area contributed by atoms with E-state index in [2.05, 4.69) is 26.1 Å². The van der Waals surface area contributed by atoms with Crippen LogP contribution in [-0.2, 0) is 0 Å². The van der Waals surface area contributed by atoms with Gasteiger partial charge in [-0.15, -0.1) is 0 Å². The van der Waals surface area contributed by atoms with Crippen molar-refractivity contribution < 1.29 is 4.92 Å². The zero-order valence-electron chi connectivity index (χ0n) is 13.3. The van der Waals surface area contributed by atoms with E-state index in [0.29, 0.717) is 22.8 Å². The molecule has 0 spiro atoms. The van der Waals surface area contributed by atoms with Crippen molar-refractivity contribution in [2.75, 3.05) is 0 Å². The topological polar surface area (TPSA) is 78.8 Å². The van der Waals surface area contributed by atoms with Crippen molar-refractivity contribution in [2.24, 2.45) is 0 Å². The Morgan fingerprint density at radius 2 is 1.50 bits per heavy atom. The van der Waals surface area contributed by atoms with Crippen LogP contribution in [0.1, 0.15) is 22.8 Å². The Labute approximate surface area is 156 Å². The largest absolute Gasteiger partial charge is 0.334 e. The third-order valence-electron chi connectivity index (χ3n) is 3.19. The number of hydrogen-bond donors (Lipinski definition) is 0. The Balaban J connectivity index is 2.97. The number of allylic oxidation sites excluding steroid dienone is 1. The molecule has 0 fully saturated rings. The highest BCUT2D eigenvalue weighted by molar-refractivity contribution is 9.12. The van der Waals surface area contributed by atoms with Crippen molar-refractivity contribution in [3.8, 4) is 0 Å². The van der Waals surface area contributed by atoms with E-state index in [1.165, 1.54) is 9.36 Å². The highest BCUT2D eigenvalue weighted by atomic mass is 79.9. The highest BCUT2D eigenvalue weighted by Gasteiger charge is 2.30. The number of rotatable bonds is 4. The van der Waals surface area contributed by atoms with Gasteiger partial charge in [-0.1, -0.05) is 23.2 Å². The molecule has 0 aliphatic heterocycles. The summed E-state index contributed by atoms with van der Waals surface area (Å²) in [7, 11) is 0. The van der Waals surface area contributed by atoms with Crippen molar-refractivity contribution in [1.82, 2.24) is 19.6 Å². The van der Waals surface area contributed by atoms with Gasteiger partial charge in [0.15, 0.2) is 0 Å². The average molecular weight is 435 g/mol. The van der Waals surface area contributed by atoms with Crippen LogP contribution in [0.25, 0.3) is 0 Å². The van der Waals surface area contributed by atoms with E-state index in [4.69, 9.17) is 23.2 Å². The molecular formula is C14H14BrCl2N5O2. The lowest BCUT2D eigenvalue weighted by atomic mass is 10.3. The van der Waals surface area contributed by atoms with Crippen LogP contribution in [0.5, 0.6) is 0 Å². The van der Waals surface area contributed by atoms with Gasteiger partial charge in [-0.2, -0.15) is 10.2 Å². The molecule has 128 valence electrons. The van der Waals surface area contributed by atoms with Crippen LogP contribution in [0, 0.1) is 43.6 Å². The van der Waals surface area contributed by atoms with Gasteiger partial charge in [0.25, 0.3) is 0 Å². The van der Waals surface area contributed by atoms with Crippen LogP contribution in [-0.4, -0.2) is 24.5 Å². The Kier molecular flexibility index (Phi) is 5.52. The van der Waals surface area contributed by atoms with Gasteiger partial charge >= 0.3 is 5.70 Å². The molecule has 0 atom stereocenters. The normalized spacial score (nSPS) is 12.1. The summed E-state index contributed by atoms with van der Waals surface area (Å²) in [5.74, 6) is 0.0961. The zero-order chi connectivity index (χ0) is 18.2. The van der Waals surface area contributed by atoms with Gasteiger partial charge in [0.2, 0.25) is 5.82 Å². The minimum absolute atomic E-state index is 0.0728. The summed E-state index contributed by atoms with van der Waals surface area (Å²) in [6.07, 6.45) is 0. The van der Waals surface area contributed by atoms with Crippen molar-refractivity contribution in [2.45, 2.75) is 27.7 Å². The van der Waals surface area contributed by atoms with E-state index in [0.717, 1.165) is 0 Å². The number of aryl methyl sites for hydroxylation is 4. The number of aromatic nitrogens is 4. The molecule has 0 radical (unpaired) electrons. The predicted molar refractivity (Wildman–Crippen MR) is 95.6 cm³/mol. The maximum Gasteiger partial charge on any atom is 0.334 e. The monoisotopic (exact) mass is 433 g/mol. The molecule has 7 nitrogen and oxygen atoms in total. The van der Waals surface area contributed by atoms with Gasteiger partial charge in [0.05, 0.1) is 16.3 Å². The summed E-state index contributed by atoms with van der Waals surface area (Å²) in [6, 6.07) is 3.60. The summed E-state index contributed by atoms with van der Waals surface area (Å²) < 4.78 is 2.79. The minimum atomic E-state index is -0.603. The third kappa shape index (κ3) is 3.55. The Bertz CT molecular complexity index is 830. The molecule has 0 saturated heterocycles. The van der Waals surface area contributed by atoms with E-state index >= 15 is 0 Å². The summed E-state index contributed by atoms with van der Waals surface area (Å²) in [5.41, 5.74) is 2.41. The second kappa shape index (κ2) is 7.08. The molecule has 2 aromatic rings. The standard InChI is InChI=1S/C14H14BrCl2N5O2/c1-7-5-9(3)20(18-7)14(21-10(4)6-8(2)19-21)12(22(23)24)11(16)13(15)17/h5-6H,1-4H3/b13-11-. The second-order valence-electron chi connectivity index (χ2n) is 5.18. The Morgan fingerprint density at radius 3 is 1.75 bits per heavy atom. The zero-order valence-corrected chi connectivity index (χ0v) is 16.4. The quantitative estimate of drug-likeness (QED) is 0.411. The van der Waals surface area contributed by atoms with Crippen molar-refractivity contribution in [1.29, 1.82) is 0 Å². The van der Waals surface area contributed by atoms with Crippen LogP contribution in [0.4, 0.5) is 0 Å². The molecule has 0 saturated carbocycles. The van der Waals surface area contributed by atoms with E-state index in [1.807, 2.05) is 0 Å². The second-order valence-corrected chi connectivity index (χ2v) is 7.19. The molecule has 0 amide bonds. The van der Waals surface area contributed by atoms with E-state index in [9.17, 15) is 10.1 Å². The number of hydrogen-bond acceptors (Lipinski definition) is 4. The molecule has 0 aliphatic rings. The first-order valence-electron chi connectivity index (χ1n) is 6.80. The lowest BCUT2D eigenvalue weighted by molar-refractivity contribution is -0.422. The average Bonchev–Trinajstić information content (AvgIpc) is 2.96. The molecule has 2 aromatic heterocycles. The molecule has 2 rings (SSSR count). The van der Waals surface area contributed by atoms with Crippen LogP contribution in [0.2, 0.25) is 0 Å². The van der Waals surface area contributed by atoms with Gasteiger partial charge in [-0.05, 0) is 55.8 Å². The SMILES string of the molecule is Cc1cc(C)n(C(=C(/C(Cl)=C(/Cl)Br)[N+](=O)[O-])n2nc(C)cc2C)n1. The van der Waals surface area contributed by atoms with Gasteiger partial charge < -0.3 is 0 Å². The van der Waals surface area contributed by atoms with Crippen LogP contribution >= 0.6 is 39.1 Å². The first kappa shape index (κ1) is 18.7. The van der Waals surface area contributed by atoms with E-state index in [-0.39, 0.29) is 14.8 Å². The summed E-state index contributed by atoms with van der Waals surface area (Å²) in [5, 5.41) is 20.2. The Morgan fingerprint density at radius 1 is 1.08 bits per heavy atom. The first-order chi connectivity index (χ1) is 11.1. The lowest BCUT2D eigenvalue weighted by Gasteiger charge is -2.13. The fraction of sp³-hybridized carbons (Fsp3) is 0.286. The third-order valence-corrected chi connectivity index (χ3v) is 4.47. The molecule has 2 heterocycles. The molecule has 0 N–H and O–H groups in total. The smallest absolute Gasteiger partial charge is 0.258 e. The van der Waals surface area contributed by atoms with Gasteiger partial charge in [-0.25, -0.2) is 9.36 Å². The van der Waals surface area contributed by atoms with Gasteiger partial charge in [-0.3, -0.25) is 10.1 Å². The molecule has 10 heteroatoms. The molecule has 0 aromatic carbocycles. The Hall–Kier alpha value is -1.64. The van der Waals surface area contributed by atoms with Crippen LogP contribution in [0.15, 0.2) is 26.8 Å². The van der Waals surface area contributed by atoms with E-state index in [1.54, 1.807) is 39.8 Å². The predicted octanol–water partition coefficient (Wildman–Crippen LogP) is 4.12. The maximum atomic E-state index is 11.7. The molecular weight excluding hydrogens is 421 g/mol. The number of nitrogens with zero attached hydrogens (tertiary/aromatic N) is 5. The molecule has 0 unspecified atom stereocenters.